The number of nitrogens with zero attached hydrogens (tertiary/aromatic N) is 4. The van der Waals surface area contributed by atoms with Crippen LogP contribution in [0.15, 0.2) is 4.42 Å². The number of alkyl halides is 3. The Hall–Kier alpha value is -2.09. The first kappa shape index (κ1) is 17.0. The number of rotatable bonds is 4. The van der Waals surface area contributed by atoms with E-state index in [1.807, 2.05) is 20.8 Å². The van der Waals surface area contributed by atoms with E-state index in [4.69, 9.17) is 16.3 Å². The van der Waals surface area contributed by atoms with Crippen LogP contribution in [-0.4, -0.2) is 21.9 Å². The molecule has 0 saturated heterocycles. The largest absolute Gasteiger partial charge is 0.424 e. The molecule has 1 aromatic rings. The second-order valence-electron chi connectivity index (χ2n) is 5.80. The van der Waals surface area contributed by atoms with E-state index in [9.17, 15) is 13.2 Å². The molecule has 1 aromatic heterocycles. The smallest absolute Gasteiger partial charge is 0.389 e. The maximum absolute atomic E-state index is 12.3. The summed E-state index contributed by atoms with van der Waals surface area (Å²) in [6.45, 7) is 12.5. The van der Waals surface area contributed by atoms with Gasteiger partial charge in [-0.15, -0.1) is 10.2 Å². The van der Waals surface area contributed by atoms with E-state index < -0.39 is 30.0 Å². The van der Waals surface area contributed by atoms with Gasteiger partial charge in [-0.05, 0) is 0 Å². The number of aromatic nitrogens is 2. The van der Waals surface area contributed by atoms with E-state index in [1.54, 1.807) is 6.07 Å². The molecule has 21 heavy (non-hydrogen) atoms. The maximum Gasteiger partial charge on any atom is 0.389 e. The Morgan fingerprint density at radius 2 is 1.86 bits per heavy atom. The van der Waals surface area contributed by atoms with Crippen molar-refractivity contribution in [1.82, 2.24) is 10.2 Å². The van der Waals surface area contributed by atoms with E-state index >= 15 is 0 Å². The molecule has 0 aliphatic heterocycles. The van der Waals surface area contributed by atoms with Gasteiger partial charge < -0.3 is 4.42 Å². The molecule has 0 fully saturated rings. The van der Waals surface area contributed by atoms with Gasteiger partial charge in [0.2, 0.25) is 11.8 Å². The molecule has 1 rings (SSSR count). The molecule has 5 nitrogen and oxygen atoms in total. The minimum absolute atomic E-state index is 0.000325. The van der Waals surface area contributed by atoms with Gasteiger partial charge in [0, 0.05) is 11.8 Å². The van der Waals surface area contributed by atoms with Gasteiger partial charge in [0.1, 0.15) is 6.42 Å². The van der Waals surface area contributed by atoms with Crippen LogP contribution in [0.4, 0.5) is 13.2 Å². The Bertz CT molecular complexity index is 558. The van der Waals surface area contributed by atoms with E-state index in [2.05, 4.69) is 15.0 Å². The van der Waals surface area contributed by atoms with Crippen LogP contribution in [0.5, 0.6) is 0 Å². The molecule has 0 radical (unpaired) electrons. The van der Waals surface area contributed by atoms with Crippen molar-refractivity contribution in [1.29, 1.82) is 5.26 Å². The summed E-state index contributed by atoms with van der Waals surface area (Å²) in [5.74, 6) is 0.310. The first-order chi connectivity index (χ1) is 9.51. The lowest BCUT2D eigenvalue weighted by atomic mass is 9.92. The highest BCUT2D eigenvalue weighted by Crippen LogP contribution is 2.30. The van der Waals surface area contributed by atoms with Gasteiger partial charge in [0.25, 0.3) is 0 Å². The molecule has 1 unspecified atom stereocenters. The minimum atomic E-state index is -4.42. The monoisotopic (exact) mass is 300 g/mol. The van der Waals surface area contributed by atoms with Crippen LogP contribution in [0.25, 0.3) is 4.85 Å². The van der Waals surface area contributed by atoms with Crippen LogP contribution in [0, 0.1) is 17.9 Å². The molecule has 0 aliphatic rings. The van der Waals surface area contributed by atoms with Crippen molar-refractivity contribution in [3.63, 3.8) is 0 Å². The van der Waals surface area contributed by atoms with Gasteiger partial charge >= 0.3 is 11.7 Å². The van der Waals surface area contributed by atoms with Crippen LogP contribution >= 0.6 is 0 Å². The van der Waals surface area contributed by atoms with Gasteiger partial charge in [-0.3, -0.25) is 4.85 Å². The van der Waals surface area contributed by atoms with Crippen LogP contribution in [-0.2, 0) is 11.8 Å². The van der Waals surface area contributed by atoms with Crippen molar-refractivity contribution in [3.05, 3.63) is 23.2 Å². The SMILES string of the molecule is [C-]#[N+]C(C#N)(CCC(F)(F)F)Cc1nnc(C(C)(C)C)o1. The van der Waals surface area contributed by atoms with E-state index in [-0.39, 0.29) is 12.3 Å². The molecule has 0 saturated carbocycles. The van der Waals surface area contributed by atoms with Gasteiger partial charge in [-0.2, -0.15) is 18.4 Å². The third-order valence-electron chi connectivity index (χ3n) is 2.80. The summed E-state index contributed by atoms with van der Waals surface area (Å²) < 4.78 is 42.2. The topological polar surface area (TPSA) is 67.1 Å². The Kier molecular flexibility index (Phi) is 4.62. The summed E-state index contributed by atoms with van der Waals surface area (Å²) in [6.07, 6.45) is -6.56. The number of hydrogen-bond acceptors (Lipinski definition) is 4. The van der Waals surface area contributed by atoms with Crippen LogP contribution in [0.1, 0.15) is 45.4 Å². The highest BCUT2D eigenvalue weighted by atomic mass is 19.4. The molecule has 0 amide bonds. The first-order valence-corrected chi connectivity index (χ1v) is 6.21. The summed E-state index contributed by atoms with van der Waals surface area (Å²) in [7, 11) is 0. The predicted octanol–water partition coefficient (Wildman–Crippen LogP) is 3.43. The fraction of sp³-hybridized carbons (Fsp3) is 0.692. The zero-order valence-corrected chi connectivity index (χ0v) is 12.0. The summed E-state index contributed by atoms with van der Waals surface area (Å²) in [4.78, 5) is 3.07. The molecule has 0 aromatic carbocycles. The molecule has 0 bridgehead atoms. The van der Waals surface area contributed by atoms with E-state index in [1.165, 1.54) is 0 Å². The third-order valence-corrected chi connectivity index (χ3v) is 2.80. The zero-order chi connectivity index (χ0) is 16.3. The van der Waals surface area contributed by atoms with Gasteiger partial charge in [0.15, 0.2) is 6.07 Å². The molecule has 1 heterocycles. The number of hydrogen-bond donors (Lipinski definition) is 0. The Balaban J connectivity index is 2.92. The van der Waals surface area contributed by atoms with Crippen molar-refractivity contribution in [2.24, 2.45) is 0 Å². The van der Waals surface area contributed by atoms with Crippen molar-refractivity contribution >= 4 is 0 Å². The molecular formula is C13H15F3N4O. The van der Waals surface area contributed by atoms with Gasteiger partial charge in [-0.25, -0.2) is 6.57 Å². The fourth-order valence-corrected chi connectivity index (χ4v) is 1.53. The first-order valence-electron chi connectivity index (χ1n) is 6.21. The molecule has 114 valence electrons. The van der Waals surface area contributed by atoms with Crippen molar-refractivity contribution in [2.75, 3.05) is 0 Å². The van der Waals surface area contributed by atoms with E-state index in [0.29, 0.717) is 5.89 Å². The van der Waals surface area contributed by atoms with Gasteiger partial charge in [-0.1, -0.05) is 20.8 Å². The van der Waals surface area contributed by atoms with Crippen LogP contribution < -0.4 is 0 Å². The van der Waals surface area contributed by atoms with E-state index in [0.717, 1.165) is 0 Å². The average molecular weight is 300 g/mol. The minimum Gasteiger partial charge on any atom is -0.424 e. The second-order valence-corrected chi connectivity index (χ2v) is 5.80. The molecular weight excluding hydrogens is 285 g/mol. The Labute approximate surface area is 120 Å². The number of nitriles is 1. The molecule has 0 aliphatic carbocycles. The lowest BCUT2D eigenvalue weighted by Gasteiger charge is -2.14. The highest BCUT2D eigenvalue weighted by molar-refractivity contribution is 5.18. The van der Waals surface area contributed by atoms with Crippen LogP contribution in [0.2, 0.25) is 0 Å². The summed E-state index contributed by atoms with van der Waals surface area (Å²) in [5.41, 5.74) is -2.25. The maximum atomic E-state index is 12.3. The summed E-state index contributed by atoms with van der Waals surface area (Å²) in [5, 5.41) is 16.6. The molecule has 0 N–H and O–H groups in total. The molecule has 1 atom stereocenters. The number of halogens is 3. The lowest BCUT2D eigenvalue weighted by Crippen LogP contribution is -2.28. The van der Waals surface area contributed by atoms with Crippen molar-refractivity contribution in [2.45, 2.75) is 57.2 Å². The standard InChI is InChI=1S/C13H15F3N4O/c1-11(2,3)10-20-19-9(21-10)7-12(8-17,18-4)5-6-13(14,15)16/h5-7H2,1-3H3. The van der Waals surface area contributed by atoms with Gasteiger partial charge in [0.05, 0.1) is 6.42 Å². The zero-order valence-electron chi connectivity index (χ0n) is 12.0. The normalized spacial score (nSPS) is 15.0. The predicted molar refractivity (Wildman–Crippen MR) is 66.9 cm³/mol. The molecule has 8 heteroatoms. The Morgan fingerprint density at radius 3 is 2.24 bits per heavy atom. The summed E-state index contributed by atoms with van der Waals surface area (Å²) in [6, 6.07) is 1.65. The van der Waals surface area contributed by atoms with Crippen molar-refractivity contribution < 1.29 is 17.6 Å². The quantitative estimate of drug-likeness (QED) is 0.799. The average Bonchev–Trinajstić information content (AvgIpc) is 2.82. The fourth-order valence-electron chi connectivity index (χ4n) is 1.53. The molecule has 0 spiro atoms. The third kappa shape index (κ3) is 4.75. The second kappa shape index (κ2) is 5.72. The van der Waals surface area contributed by atoms with Crippen molar-refractivity contribution in [3.8, 4) is 6.07 Å². The summed E-state index contributed by atoms with van der Waals surface area (Å²) >= 11 is 0. The van der Waals surface area contributed by atoms with Crippen LogP contribution in [0.3, 0.4) is 0 Å². The highest BCUT2D eigenvalue weighted by Gasteiger charge is 2.43. The lowest BCUT2D eigenvalue weighted by molar-refractivity contribution is -0.136. The Morgan fingerprint density at radius 1 is 1.24 bits per heavy atom.